The van der Waals surface area contributed by atoms with Gasteiger partial charge >= 0.3 is 0 Å². The molecule has 10 rings (SSSR count). The Morgan fingerprint density at radius 2 is 1.08 bits per heavy atom. The number of rotatable bonds is 14. The highest BCUT2D eigenvalue weighted by atomic mass is 16.2. The summed E-state index contributed by atoms with van der Waals surface area (Å²) < 4.78 is 0. The molecule has 0 atom stereocenters. The van der Waals surface area contributed by atoms with Gasteiger partial charge in [0.15, 0.2) is 0 Å². The molecule has 4 amide bonds. The van der Waals surface area contributed by atoms with Crippen molar-refractivity contribution in [1.29, 1.82) is 0 Å². The molecule has 0 radical (unpaired) electrons. The molecule has 6 aromatic carbocycles. The smallest absolute Gasteiger partial charge is 0.250 e. The van der Waals surface area contributed by atoms with Crippen molar-refractivity contribution in [3.8, 4) is 22.3 Å². The molecule has 2 fully saturated rings. The van der Waals surface area contributed by atoms with Crippen LogP contribution in [-0.2, 0) is 14.4 Å². The highest BCUT2D eigenvalue weighted by molar-refractivity contribution is 6.02. The number of primary amides is 1. The molecule has 2 aliphatic heterocycles. The van der Waals surface area contributed by atoms with E-state index in [1.807, 2.05) is 127 Å². The maximum absolute atomic E-state index is 12.3. The molecule has 0 bridgehead atoms. The Bertz CT molecular complexity index is 3460. The maximum atomic E-state index is 12.3. The largest absolute Gasteiger partial charge is 0.368 e. The first-order chi connectivity index (χ1) is 36.9. The van der Waals surface area contributed by atoms with E-state index in [9.17, 15) is 19.2 Å². The number of amides is 4. The zero-order valence-corrected chi connectivity index (χ0v) is 42.5. The van der Waals surface area contributed by atoms with Crippen LogP contribution in [0.4, 0.5) is 46.0 Å². The number of aromatic nitrogens is 4. The van der Waals surface area contributed by atoms with E-state index in [-0.39, 0.29) is 17.7 Å². The van der Waals surface area contributed by atoms with E-state index >= 15 is 0 Å². The van der Waals surface area contributed by atoms with Gasteiger partial charge in [-0.05, 0) is 97.1 Å². The number of likely N-dealkylation sites (N-methyl/N-ethyl adjacent to an activating group) is 1. The van der Waals surface area contributed by atoms with Crippen LogP contribution in [0.1, 0.15) is 23.7 Å². The number of hydrogen-bond acceptors (Lipinski definition) is 13. The number of carbonyl (C=O) groups is 4. The standard InChI is InChI=1S/C30H30N6O2.C29H29N7O2/c1-3-27(37)32-24-9-5-7-21(19-24)26-10-6-8-22-20-31-30(34-29(22)26)33-23-11-13-25(14-12-23)35-15-17-36(18-16-35)28(38)4-2;1-3-26(37)32-21-8-4-6-19(16-21)23-9-5-7-20-18-31-29(34-27(20)23)33-22-10-11-25(24(17-22)28(30)38)36-14-12-35(2)13-15-36/h3,5-14,19-20H,1,4,15-18H2,2H3,(H,32,37)(H,31,33,34);3-11,16-18H,1,12-15H2,2H3,(H2,30,38)(H,32,37)(H,31,33,34). The van der Waals surface area contributed by atoms with Gasteiger partial charge in [-0.2, -0.15) is 0 Å². The van der Waals surface area contributed by atoms with Crippen molar-refractivity contribution in [2.75, 3.05) is 90.5 Å². The summed E-state index contributed by atoms with van der Waals surface area (Å²) in [6.45, 7) is 15.6. The Balaban J connectivity index is 0.000000186. The molecule has 76 heavy (non-hydrogen) atoms. The zero-order chi connectivity index (χ0) is 53.1. The van der Waals surface area contributed by atoms with E-state index in [0.29, 0.717) is 40.9 Å². The average molecular weight is 1010 g/mol. The lowest BCUT2D eigenvalue weighted by Gasteiger charge is -2.36. The summed E-state index contributed by atoms with van der Waals surface area (Å²) in [6.07, 6.45) is 6.60. The minimum Gasteiger partial charge on any atom is -0.368 e. The second-order valence-electron chi connectivity index (χ2n) is 18.3. The summed E-state index contributed by atoms with van der Waals surface area (Å²) in [5.41, 5.74) is 16.3. The molecular formula is C59H59N13O4. The second-order valence-corrected chi connectivity index (χ2v) is 18.3. The third kappa shape index (κ3) is 12.3. The van der Waals surface area contributed by atoms with Gasteiger partial charge in [0, 0.05) is 127 Å². The van der Waals surface area contributed by atoms with Gasteiger partial charge in [0.25, 0.3) is 5.91 Å². The fraction of sp³-hybridized carbons (Fsp3) is 0.186. The van der Waals surface area contributed by atoms with Crippen LogP contribution in [0.3, 0.4) is 0 Å². The highest BCUT2D eigenvalue weighted by Gasteiger charge is 2.22. The van der Waals surface area contributed by atoms with Crippen LogP contribution in [0.25, 0.3) is 44.1 Å². The van der Waals surface area contributed by atoms with Gasteiger partial charge in [-0.25, -0.2) is 19.9 Å². The first-order valence-corrected chi connectivity index (χ1v) is 25.1. The van der Waals surface area contributed by atoms with Crippen LogP contribution >= 0.6 is 0 Å². The Labute approximate surface area is 441 Å². The number of piperazine rings is 2. The molecule has 0 saturated carbocycles. The lowest BCUT2D eigenvalue weighted by molar-refractivity contribution is -0.131. The van der Waals surface area contributed by atoms with E-state index in [4.69, 9.17) is 15.7 Å². The van der Waals surface area contributed by atoms with Gasteiger partial charge in [-0.1, -0.05) is 80.7 Å². The number of anilines is 8. The van der Waals surface area contributed by atoms with Gasteiger partial charge in [0.05, 0.1) is 16.6 Å². The minimum absolute atomic E-state index is 0.218. The molecule has 2 aromatic heterocycles. The van der Waals surface area contributed by atoms with E-state index in [0.717, 1.165) is 113 Å². The van der Waals surface area contributed by atoms with E-state index < -0.39 is 5.91 Å². The fourth-order valence-electron chi connectivity index (χ4n) is 9.20. The summed E-state index contributed by atoms with van der Waals surface area (Å²) >= 11 is 0. The number of para-hydroxylation sites is 2. The summed E-state index contributed by atoms with van der Waals surface area (Å²) in [4.78, 5) is 75.1. The molecule has 0 aliphatic carbocycles. The van der Waals surface area contributed by atoms with Crippen molar-refractivity contribution in [2.45, 2.75) is 13.3 Å². The van der Waals surface area contributed by atoms with Crippen molar-refractivity contribution in [2.24, 2.45) is 5.73 Å². The molecule has 6 N–H and O–H groups in total. The monoisotopic (exact) mass is 1010 g/mol. The summed E-state index contributed by atoms with van der Waals surface area (Å²) in [5.74, 6) is 0.101. The number of benzene rings is 6. The SMILES string of the molecule is C=CC(=O)Nc1cccc(-c2cccc3cnc(Nc4ccc(N5CCN(C(=O)CC)CC5)cc4)nc23)c1.C=CC(=O)Nc1cccc(-c2cccc3cnc(Nc4ccc(N5CCN(C)CC5)c(C(N)=O)c4)nc23)c1. The third-order valence-corrected chi connectivity index (χ3v) is 13.3. The number of nitrogens with two attached hydrogens (primary N) is 1. The van der Waals surface area contributed by atoms with Gasteiger partial charge < -0.3 is 46.6 Å². The molecule has 17 nitrogen and oxygen atoms in total. The van der Waals surface area contributed by atoms with Crippen LogP contribution in [0.2, 0.25) is 0 Å². The van der Waals surface area contributed by atoms with Crippen LogP contribution in [-0.4, -0.2) is 113 Å². The van der Waals surface area contributed by atoms with Crippen molar-refractivity contribution in [3.05, 3.63) is 171 Å². The summed E-state index contributed by atoms with van der Waals surface area (Å²) in [6, 6.07) is 40.8. The zero-order valence-electron chi connectivity index (χ0n) is 42.5. The lowest BCUT2D eigenvalue weighted by atomic mass is 10.0. The fourth-order valence-corrected chi connectivity index (χ4v) is 9.20. The van der Waals surface area contributed by atoms with Crippen LogP contribution in [0.5, 0.6) is 0 Å². The van der Waals surface area contributed by atoms with Crippen molar-refractivity contribution in [3.63, 3.8) is 0 Å². The maximum Gasteiger partial charge on any atom is 0.250 e. The third-order valence-electron chi connectivity index (χ3n) is 13.3. The molecule has 2 saturated heterocycles. The van der Waals surface area contributed by atoms with E-state index in [1.165, 1.54) is 12.2 Å². The topological polar surface area (TPSA) is 207 Å². The number of nitrogens with zero attached hydrogens (tertiary/aromatic N) is 8. The molecule has 384 valence electrons. The van der Waals surface area contributed by atoms with Gasteiger partial charge in [-0.3, -0.25) is 19.2 Å². The molecule has 0 unspecified atom stereocenters. The summed E-state index contributed by atoms with van der Waals surface area (Å²) in [5, 5.41) is 13.9. The minimum atomic E-state index is -0.479. The number of carbonyl (C=O) groups excluding carboxylic acids is 4. The summed E-state index contributed by atoms with van der Waals surface area (Å²) in [7, 11) is 2.09. The van der Waals surface area contributed by atoms with Crippen LogP contribution in [0, 0.1) is 0 Å². The number of fused-ring (bicyclic) bond motifs is 2. The Morgan fingerprint density at radius 1 is 0.579 bits per heavy atom. The first kappa shape index (κ1) is 51.4. The van der Waals surface area contributed by atoms with Crippen molar-refractivity contribution < 1.29 is 19.2 Å². The van der Waals surface area contributed by atoms with Crippen molar-refractivity contribution in [1.82, 2.24) is 29.7 Å². The number of hydrogen-bond donors (Lipinski definition) is 5. The molecule has 2 aliphatic rings. The molecule has 4 heterocycles. The average Bonchev–Trinajstić information content (AvgIpc) is 3.46. The Kier molecular flexibility index (Phi) is 16.0. The Hall–Kier alpha value is -9.48. The van der Waals surface area contributed by atoms with Gasteiger partial charge in [-0.15, -0.1) is 0 Å². The van der Waals surface area contributed by atoms with E-state index in [2.05, 4.69) is 78.3 Å². The molecule has 0 spiro atoms. The molecule has 17 heteroatoms. The van der Waals surface area contributed by atoms with Crippen LogP contribution in [0.15, 0.2) is 165 Å². The van der Waals surface area contributed by atoms with Gasteiger partial charge in [0.1, 0.15) is 0 Å². The first-order valence-electron chi connectivity index (χ1n) is 25.1. The second kappa shape index (κ2) is 23.6. The predicted molar refractivity (Wildman–Crippen MR) is 304 cm³/mol. The van der Waals surface area contributed by atoms with Gasteiger partial charge in [0.2, 0.25) is 29.6 Å². The van der Waals surface area contributed by atoms with Crippen LogP contribution < -0.4 is 36.8 Å². The van der Waals surface area contributed by atoms with Crippen molar-refractivity contribution >= 4 is 91.5 Å². The molecule has 8 aromatic rings. The number of nitrogens with one attached hydrogen (secondary N) is 4. The normalized spacial score (nSPS) is 13.5. The Morgan fingerprint density at radius 3 is 1.59 bits per heavy atom. The highest BCUT2D eigenvalue weighted by Crippen LogP contribution is 2.33. The predicted octanol–water partition coefficient (Wildman–Crippen LogP) is 9.24. The quantitative estimate of drug-likeness (QED) is 0.0645. The van der Waals surface area contributed by atoms with E-state index in [1.54, 1.807) is 12.3 Å². The lowest BCUT2D eigenvalue weighted by Crippen LogP contribution is -2.48. The molecular weight excluding hydrogens is 955 g/mol.